The Hall–Kier alpha value is -1.41. The minimum absolute atomic E-state index is 0.661. The van der Waals surface area contributed by atoms with Crippen molar-refractivity contribution in [1.82, 2.24) is 0 Å². The van der Waals surface area contributed by atoms with E-state index in [-0.39, 0.29) is 0 Å². The third kappa shape index (κ3) is 8.44. The lowest BCUT2D eigenvalue weighted by atomic mass is 9.98. The van der Waals surface area contributed by atoms with Gasteiger partial charge in [-0.25, -0.2) is 0 Å². The van der Waals surface area contributed by atoms with Crippen LogP contribution >= 0.6 is 11.9 Å². The highest BCUT2D eigenvalue weighted by atomic mass is 32.2. The van der Waals surface area contributed by atoms with Crippen molar-refractivity contribution in [1.29, 1.82) is 0 Å². The van der Waals surface area contributed by atoms with E-state index >= 15 is 0 Å². The first-order valence-corrected chi connectivity index (χ1v) is 9.90. The quantitative estimate of drug-likeness (QED) is 0.317. The van der Waals surface area contributed by atoms with Gasteiger partial charge in [0.25, 0.3) is 0 Å². The minimum atomic E-state index is 0.661. The fourth-order valence-corrected chi connectivity index (χ4v) is 3.90. The van der Waals surface area contributed by atoms with Crippen LogP contribution in [0.3, 0.4) is 0 Å². The monoisotopic (exact) mass is 343 g/mol. The van der Waals surface area contributed by atoms with E-state index in [1.165, 1.54) is 17.7 Å². The van der Waals surface area contributed by atoms with Crippen LogP contribution in [-0.4, -0.2) is 12.3 Å². The summed E-state index contributed by atoms with van der Waals surface area (Å²) in [4.78, 5) is 0. The lowest BCUT2D eigenvalue weighted by Gasteiger charge is -2.26. The fourth-order valence-electron chi connectivity index (χ4n) is 2.50. The number of rotatable bonds is 11. The van der Waals surface area contributed by atoms with Crippen LogP contribution in [0.1, 0.15) is 40.5 Å². The Bertz CT molecular complexity index is 516. The molecule has 0 radical (unpaired) electrons. The Morgan fingerprint density at radius 1 is 1.21 bits per heavy atom. The Morgan fingerprint density at radius 3 is 2.50 bits per heavy atom. The van der Waals surface area contributed by atoms with E-state index in [0.717, 1.165) is 18.7 Å². The van der Waals surface area contributed by atoms with Crippen molar-refractivity contribution in [3.05, 3.63) is 66.8 Å². The van der Waals surface area contributed by atoms with Crippen LogP contribution in [0, 0.1) is 11.8 Å². The van der Waals surface area contributed by atoms with Crippen LogP contribution in [0.15, 0.2) is 66.8 Å². The molecule has 1 atom stereocenters. The second kappa shape index (κ2) is 12.0. The molecule has 1 rings (SSSR count). The van der Waals surface area contributed by atoms with E-state index in [1.54, 1.807) is 0 Å². The molecule has 2 heteroatoms. The van der Waals surface area contributed by atoms with Gasteiger partial charge in [0.1, 0.15) is 0 Å². The zero-order chi connectivity index (χ0) is 17.8. The second-order valence-electron chi connectivity index (χ2n) is 6.68. The number of para-hydroxylation sites is 1. The minimum Gasteiger partial charge on any atom is -0.316 e. The van der Waals surface area contributed by atoms with E-state index in [4.69, 9.17) is 0 Å². The molecular weight excluding hydrogens is 310 g/mol. The molecule has 0 aliphatic carbocycles. The molecule has 0 aliphatic rings. The van der Waals surface area contributed by atoms with Gasteiger partial charge in [0.15, 0.2) is 0 Å². The molecule has 0 saturated carbocycles. The maximum Gasteiger partial charge on any atom is 0.0469 e. The smallest absolute Gasteiger partial charge is 0.0469 e. The molecule has 0 aliphatic heterocycles. The van der Waals surface area contributed by atoms with Gasteiger partial charge in [-0.05, 0) is 55.7 Å². The maximum absolute atomic E-state index is 3.74. The van der Waals surface area contributed by atoms with Gasteiger partial charge in [-0.2, -0.15) is 0 Å². The fraction of sp³-hybridized carbons (Fsp3) is 0.455. The normalized spacial score (nSPS) is 13.5. The lowest BCUT2D eigenvalue weighted by molar-refractivity contribution is 0.566. The van der Waals surface area contributed by atoms with Crippen molar-refractivity contribution in [2.24, 2.45) is 11.8 Å². The summed E-state index contributed by atoms with van der Waals surface area (Å²) < 4.78 is 2.45. The number of anilines is 1. The molecule has 0 amide bonds. The first kappa shape index (κ1) is 20.6. The molecule has 1 aromatic rings. The number of hydrogen-bond donors (Lipinski definition) is 0. The van der Waals surface area contributed by atoms with Crippen molar-refractivity contribution >= 4 is 17.6 Å². The molecule has 24 heavy (non-hydrogen) atoms. The average Bonchev–Trinajstić information content (AvgIpc) is 2.58. The zero-order valence-corrected chi connectivity index (χ0v) is 16.6. The van der Waals surface area contributed by atoms with Gasteiger partial charge in [-0.15, -0.1) is 0 Å². The predicted molar refractivity (Wildman–Crippen MR) is 113 cm³/mol. The molecule has 0 aromatic heterocycles. The number of nitrogens with zero attached hydrogens (tertiary/aromatic N) is 1. The summed E-state index contributed by atoms with van der Waals surface area (Å²) in [7, 11) is 0. The summed E-state index contributed by atoms with van der Waals surface area (Å²) >= 11 is 1.96. The molecule has 0 N–H and O–H groups in total. The largest absolute Gasteiger partial charge is 0.316 e. The average molecular weight is 344 g/mol. The van der Waals surface area contributed by atoms with Crippen LogP contribution in [0.2, 0.25) is 0 Å². The highest BCUT2D eigenvalue weighted by Crippen LogP contribution is 2.26. The van der Waals surface area contributed by atoms with Gasteiger partial charge < -0.3 is 4.31 Å². The summed E-state index contributed by atoms with van der Waals surface area (Å²) in [6.07, 6.45) is 10.6. The third-order valence-electron chi connectivity index (χ3n) is 3.83. The van der Waals surface area contributed by atoms with E-state index in [9.17, 15) is 0 Å². The summed E-state index contributed by atoms with van der Waals surface area (Å²) in [5.74, 6) is 2.51. The molecule has 0 fully saturated rings. The SMILES string of the molecule is C=C/C=C\C(=C/C)C[C@H](C)CCSN(CC(C)C)c1ccccc1. The van der Waals surface area contributed by atoms with Gasteiger partial charge >= 0.3 is 0 Å². The molecule has 0 bridgehead atoms. The molecule has 1 nitrogen and oxygen atoms in total. The summed E-state index contributed by atoms with van der Waals surface area (Å²) in [6.45, 7) is 13.9. The van der Waals surface area contributed by atoms with Crippen molar-refractivity contribution < 1.29 is 0 Å². The molecule has 0 saturated heterocycles. The Balaban J connectivity index is 2.49. The Morgan fingerprint density at radius 2 is 1.92 bits per heavy atom. The van der Waals surface area contributed by atoms with Gasteiger partial charge in [-0.3, -0.25) is 0 Å². The highest BCUT2D eigenvalue weighted by molar-refractivity contribution is 8.00. The topological polar surface area (TPSA) is 3.24 Å². The van der Waals surface area contributed by atoms with Crippen LogP contribution in [0.5, 0.6) is 0 Å². The van der Waals surface area contributed by atoms with E-state index < -0.39 is 0 Å². The molecule has 1 aromatic carbocycles. The van der Waals surface area contributed by atoms with Crippen LogP contribution < -0.4 is 4.31 Å². The van der Waals surface area contributed by atoms with E-state index in [1.807, 2.05) is 24.1 Å². The molecule has 0 heterocycles. The summed E-state index contributed by atoms with van der Waals surface area (Å²) in [5.41, 5.74) is 2.71. The first-order valence-electron chi connectivity index (χ1n) is 8.96. The van der Waals surface area contributed by atoms with Gasteiger partial charge in [0, 0.05) is 18.0 Å². The summed E-state index contributed by atoms with van der Waals surface area (Å²) in [6, 6.07) is 10.7. The second-order valence-corrected chi connectivity index (χ2v) is 7.79. The van der Waals surface area contributed by atoms with Crippen LogP contribution in [0.4, 0.5) is 5.69 Å². The van der Waals surface area contributed by atoms with Crippen molar-refractivity contribution in [3.63, 3.8) is 0 Å². The van der Waals surface area contributed by atoms with E-state index in [0.29, 0.717) is 11.8 Å². The third-order valence-corrected chi connectivity index (χ3v) is 4.92. The van der Waals surface area contributed by atoms with Crippen molar-refractivity contribution in [2.45, 2.75) is 40.5 Å². The first-order chi connectivity index (χ1) is 11.6. The van der Waals surface area contributed by atoms with Crippen LogP contribution in [0.25, 0.3) is 0 Å². The molecule has 132 valence electrons. The Labute approximate surface area is 153 Å². The predicted octanol–water partition coefficient (Wildman–Crippen LogP) is 6.90. The number of hydrogen-bond acceptors (Lipinski definition) is 2. The molecule has 0 unspecified atom stereocenters. The lowest BCUT2D eigenvalue weighted by Crippen LogP contribution is -2.21. The molecular formula is C22H33NS. The van der Waals surface area contributed by atoms with Gasteiger partial charge in [0.05, 0.1) is 0 Å². The van der Waals surface area contributed by atoms with Crippen molar-refractivity contribution in [3.8, 4) is 0 Å². The van der Waals surface area contributed by atoms with Crippen LogP contribution in [-0.2, 0) is 0 Å². The zero-order valence-electron chi connectivity index (χ0n) is 15.7. The van der Waals surface area contributed by atoms with Gasteiger partial charge in [-0.1, -0.05) is 75.4 Å². The van der Waals surface area contributed by atoms with Gasteiger partial charge in [0.2, 0.25) is 0 Å². The van der Waals surface area contributed by atoms with Crippen molar-refractivity contribution in [2.75, 3.05) is 16.6 Å². The summed E-state index contributed by atoms with van der Waals surface area (Å²) in [5, 5.41) is 0. The highest BCUT2D eigenvalue weighted by Gasteiger charge is 2.11. The number of allylic oxidation sites excluding steroid dienone is 5. The van der Waals surface area contributed by atoms with E-state index in [2.05, 4.69) is 81.1 Å². The maximum atomic E-state index is 3.74. The molecule has 0 spiro atoms. The number of benzene rings is 1. The Kier molecular flexibility index (Phi) is 10.3. The standard InChI is InChI=1S/C22H33NS/c1-6-8-12-21(7-2)17-20(5)15-16-24-23(18-19(3)4)22-13-10-9-11-14-22/h6-14,19-20H,1,15-18H2,2-5H3/b12-8-,21-7+/t20-/m1/s1.